The van der Waals surface area contributed by atoms with Crippen LogP contribution < -0.4 is 11.1 Å². The summed E-state index contributed by atoms with van der Waals surface area (Å²) in [6.07, 6.45) is 1.73. The van der Waals surface area contributed by atoms with E-state index in [0.717, 1.165) is 4.68 Å². The highest BCUT2D eigenvalue weighted by Crippen LogP contribution is 2.29. The predicted octanol–water partition coefficient (Wildman–Crippen LogP) is 2.64. The Labute approximate surface area is 196 Å². The van der Waals surface area contributed by atoms with Crippen LogP contribution in [0.25, 0.3) is 11.0 Å². The topological polar surface area (TPSA) is 146 Å². The first kappa shape index (κ1) is 23.8. The number of hydrogen-bond donors (Lipinski definition) is 2. The van der Waals surface area contributed by atoms with Crippen molar-refractivity contribution in [3.05, 3.63) is 53.9 Å². The molecule has 0 aliphatic heterocycles. The number of ketones is 1. The molecule has 0 aliphatic carbocycles. The average molecular weight is 487 g/mol. The van der Waals surface area contributed by atoms with Crippen LogP contribution in [0.2, 0.25) is 0 Å². The molecule has 14 heteroatoms. The molecular weight excluding hydrogens is 467 g/mol. The molecule has 1 amide bonds. The molecule has 0 aliphatic rings. The van der Waals surface area contributed by atoms with Crippen molar-refractivity contribution in [1.29, 1.82) is 0 Å². The van der Waals surface area contributed by atoms with Crippen molar-refractivity contribution in [1.82, 2.24) is 34.5 Å². The van der Waals surface area contributed by atoms with Gasteiger partial charge >= 0.3 is 6.18 Å². The Morgan fingerprint density at radius 2 is 1.86 bits per heavy atom. The number of rotatable bonds is 5. The van der Waals surface area contributed by atoms with Crippen LogP contribution in [0.4, 0.5) is 24.8 Å². The third-order valence-corrected chi connectivity index (χ3v) is 4.95. The molecule has 182 valence electrons. The first-order chi connectivity index (χ1) is 16.3. The van der Waals surface area contributed by atoms with Crippen molar-refractivity contribution in [2.45, 2.75) is 39.0 Å². The Bertz CT molecular complexity index is 1430. The highest BCUT2D eigenvalue weighted by molar-refractivity contribution is 6.16. The van der Waals surface area contributed by atoms with E-state index in [1.54, 1.807) is 6.20 Å². The van der Waals surface area contributed by atoms with E-state index < -0.39 is 29.9 Å². The highest BCUT2D eigenvalue weighted by Gasteiger charge is 2.34. The second kappa shape index (κ2) is 8.45. The predicted molar refractivity (Wildman–Crippen MR) is 118 cm³/mol. The van der Waals surface area contributed by atoms with Crippen molar-refractivity contribution in [2.75, 3.05) is 11.1 Å². The number of anilines is 2. The summed E-state index contributed by atoms with van der Waals surface area (Å²) < 4.78 is 40.5. The van der Waals surface area contributed by atoms with Gasteiger partial charge in [-0.15, -0.1) is 5.10 Å². The maximum atomic E-state index is 13.3. The summed E-state index contributed by atoms with van der Waals surface area (Å²) in [4.78, 5) is 37.9. The number of nitrogens with two attached hydrogens (primary N) is 1. The van der Waals surface area contributed by atoms with Gasteiger partial charge in [0.1, 0.15) is 12.2 Å². The zero-order valence-corrected chi connectivity index (χ0v) is 18.8. The van der Waals surface area contributed by atoms with E-state index >= 15 is 0 Å². The molecule has 4 heterocycles. The highest BCUT2D eigenvalue weighted by atomic mass is 19.4. The lowest BCUT2D eigenvalue weighted by Crippen LogP contribution is -2.21. The van der Waals surface area contributed by atoms with E-state index in [4.69, 9.17) is 5.73 Å². The first-order valence-electron chi connectivity index (χ1n) is 10.2. The summed E-state index contributed by atoms with van der Waals surface area (Å²) in [5, 5.41) is 9.29. The van der Waals surface area contributed by atoms with Crippen LogP contribution in [-0.4, -0.2) is 46.2 Å². The molecule has 0 fully saturated rings. The van der Waals surface area contributed by atoms with Gasteiger partial charge in [0.25, 0.3) is 0 Å². The molecular formula is C21H20F3N9O2. The Hall–Kier alpha value is -4.36. The first-order valence-corrected chi connectivity index (χ1v) is 10.2. The molecule has 0 saturated carbocycles. The van der Waals surface area contributed by atoms with Gasteiger partial charge in [0.05, 0.1) is 23.6 Å². The maximum Gasteiger partial charge on any atom is 0.436 e. The Kier molecular flexibility index (Phi) is 5.74. The van der Waals surface area contributed by atoms with Crippen LogP contribution in [0.5, 0.6) is 0 Å². The Morgan fingerprint density at radius 3 is 2.51 bits per heavy atom. The van der Waals surface area contributed by atoms with Gasteiger partial charge in [-0.05, 0) is 26.8 Å². The molecule has 0 atom stereocenters. The van der Waals surface area contributed by atoms with Gasteiger partial charge in [0.15, 0.2) is 11.5 Å². The number of fused-ring (bicyclic) bond motifs is 1. The van der Waals surface area contributed by atoms with Gasteiger partial charge in [-0.1, -0.05) is 5.21 Å². The molecule has 0 bridgehead atoms. The summed E-state index contributed by atoms with van der Waals surface area (Å²) in [5.41, 5.74) is 5.30. The lowest BCUT2D eigenvalue weighted by Gasteiger charge is -2.21. The summed E-state index contributed by atoms with van der Waals surface area (Å²) in [6.45, 7) is 5.33. The SMILES string of the molecule is CC(C)(C)n1cc(C(=O)c2cncc(NC(=O)Cn3cc(C(F)(F)F)nn3)c2)c2cnc(N)nc21. The second-order valence-electron chi connectivity index (χ2n) is 8.69. The minimum Gasteiger partial charge on any atom is -0.368 e. The van der Waals surface area contributed by atoms with Gasteiger partial charge in [0.2, 0.25) is 11.9 Å². The molecule has 0 saturated heterocycles. The van der Waals surface area contributed by atoms with Gasteiger partial charge in [0, 0.05) is 35.1 Å². The number of pyridine rings is 1. The van der Waals surface area contributed by atoms with Crippen LogP contribution in [0.3, 0.4) is 0 Å². The summed E-state index contributed by atoms with van der Waals surface area (Å²) in [5.74, 6) is -0.995. The fourth-order valence-corrected chi connectivity index (χ4v) is 3.35. The van der Waals surface area contributed by atoms with E-state index in [-0.39, 0.29) is 23.0 Å². The standard InChI is InChI=1S/C21H20F3N9O2/c1-20(2,3)33-8-14(13-7-27-19(25)29-18(13)33)17(35)11-4-12(6-26-5-11)28-16(34)10-32-9-15(30-31-32)21(22,23)24/h4-9H,10H2,1-3H3,(H,28,34)(H2,25,27,29). The summed E-state index contributed by atoms with van der Waals surface area (Å²) in [7, 11) is 0. The molecule has 35 heavy (non-hydrogen) atoms. The molecule has 11 nitrogen and oxygen atoms in total. The van der Waals surface area contributed by atoms with Crippen LogP contribution in [0, 0.1) is 0 Å². The van der Waals surface area contributed by atoms with Crippen molar-refractivity contribution in [3.63, 3.8) is 0 Å². The molecule has 4 rings (SSSR count). The van der Waals surface area contributed by atoms with Crippen molar-refractivity contribution < 1.29 is 22.8 Å². The normalized spacial score (nSPS) is 12.2. The molecule has 0 unspecified atom stereocenters. The fourth-order valence-electron chi connectivity index (χ4n) is 3.35. The van der Waals surface area contributed by atoms with Gasteiger partial charge in [-0.3, -0.25) is 14.6 Å². The number of carbonyl (C=O) groups excluding carboxylic acids is 2. The zero-order chi connectivity index (χ0) is 25.5. The van der Waals surface area contributed by atoms with Crippen LogP contribution >= 0.6 is 0 Å². The van der Waals surface area contributed by atoms with E-state index in [2.05, 4.69) is 30.6 Å². The summed E-state index contributed by atoms with van der Waals surface area (Å²) >= 11 is 0. The molecule has 0 radical (unpaired) electrons. The largest absolute Gasteiger partial charge is 0.436 e. The van der Waals surface area contributed by atoms with E-state index in [1.165, 1.54) is 24.7 Å². The average Bonchev–Trinajstić information content (AvgIpc) is 3.37. The number of hydrogen-bond acceptors (Lipinski definition) is 8. The minimum absolute atomic E-state index is 0.0706. The van der Waals surface area contributed by atoms with Crippen LogP contribution in [-0.2, 0) is 23.1 Å². The third-order valence-electron chi connectivity index (χ3n) is 4.95. The van der Waals surface area contributed by atoms with E-state index in [9.17, 15) is 22.8 Å². The van der Waals surface area contributed by atoms with Crippen molar-refractivity contribution in [3.8, 4) is 0 Å². The zero-order valence-electron chi connectivity index (χ0n) is 18.8. The Morgan fingerprint density at radius 1 is 1.11 bits per heavy atom. The minimum atomic E-state index is -4.67. The summed E-state index contributed by atoms with van der Waals surface area (Å²) in [6, 6.07) is 1.41. The van der Waals surface area contributed by atoms with E-state index in [0.29, 0.717) is 22.8 Å². The number of carbonyl (C=O) groups is 2. The van der Waals surface area contributed by atoms with Gasteiger partial charge < -0.3 is 15.6 Å². The van der Waals surface area contributed by atoms with E-state index in [1.807, 2.05) is 25.3 Å². The van der Waals surface area contributed by atoms with Crippen LogP contribution in [0.1, 0.15) is 42.4 Å². The van der Waals surface area contributed by atoms with Gasteiger partial charge in [-0.2, -0.15) is 18.2 Å². The number of nitrogens with zero attached hydrogens (tertiary/aromatic N) is 7. The van der Waals surface area contributed by atoms with Crippen molar-refractivity contribution in [2.24, 2.45) is 0 Å². The number of alkyl halides is 3. The number of halogens is 3. The number of nitrogens with one attached hydrogen (secondary N) is 1. The quantitative estimate of drug-likeness (QED) is 0.409. The fraction of sp³-hybridized carbons (Fsp3) is 0.286. The van der Waals surface area contributed by atoms with Crippen molar-refractivity contribution >= 4 is 34.4 Å². The Balaban J connectivity index is 1.57. The number of nitrogen functional groups attached to an aromatic ring is 1. The monoisotopic (exact) mass is 487 g/mol. The lowest BCUT2D eigenvalue weighted by molar-refractivity contribution is -0.141. The third kappa shape index (κ3) is 4.95. The molecule has 0 aromatic carbocycles. The van der Waals surface area contributed by atoms with Gasteiger partial charge in [-0.25, -0.2) is 9.67 Å². The van der Waals surface area contributed by atoms with Crippen LogP contribution in [0.15, 0.2) is 37.1 Å². The molecule has 3 N–H and O–H groups in total. The smallest absolute Gasteiger partial charge is 0.368 e. The maximum absolute atomic E-state index is 13.3. The molecule has 0 spiro atoms. The lowest BCUT2D eigenvalue weighted by atomic mass is 10.1. The second-order valence-corrected chi connectivity index (χ2v) is 8.69. The number of aromatic nitrogens is 7. The molecule has 4 aromatic heterocycles. The molecule has 4 aromatic rings. The number of amides is 1.